The maximum Gasteiger partial charge on any atom is 0.255 e. The summed E-state index contributed by atoms with van der Waals surface area (Å²) in [5.41, 5.74) is 12.0. The van der Waals surface area contributed by atoms with E-state index in [1.807, 2.05) is 0 Å². The van der Waals surface area contributed by atoms with Crippen LogP contribution in [0.15, 0.2) is 12.4 Å². The van der Waals surface area contributed by atoms with Gasteiger partial charge >= 0.3 is 0 Å². The minimum absolute atomic E-state index is 0.422. The van der Waals surface area contributed by atoms with Gasteiger partial charge in [0.15, 0.2) is 0 Å². The van der Waals surface area contributed by atoms with Gasteiger partial charge in [-0.1, -0.05) is 5.21 Å². The minimum Gasteiger partial charge on any atom is -0.320 e. The summed E-state index contributed by atoms with van der Waals surface area (Å²) >= 11 is 0. The number of carbonyl (C=O) groups is 1. The molecule has 12 heavy (non-hydrogen) atoms. The molecule has 65 valence electrons. The zero-order valence-corrected chi connectivity index (χ0v) is 6.47. The average molecular weight is 168 g/mol. The van der Waals surface area contributed by atoms with E-state index in [1.165, 1.54) is 0 Å². The Hall–Kier alpha value is -1.43. The molecule has 0 spiro atoms. The van der Waals surface area contributed by atoms with Crippen molar-refractivity contribution < 1.29 is 4.79 Å². The topological polar surface area (TPSA) is 97.6 Å². The van der Waals surface area contributed by atoms with Gasteiger partial charge in [-0.25, -0.2) is 0 Å². The molecule has 1 radical (unpaired) electrons. The van der Waals surface area contributed by atoms with Crippen LogP contribution in [0.2, 0.25) is 0 Å². The molecule has 0 aliphatic heterocycles. The maximum atomic E-state index is 10.4. The lowest BCUT2D eigenvalue weighted by molar-refractivity contribution is -0.120. The van der Waals surface area contributed by atoms with Crippen LogP contribution in [0.5, 0.6) is 0 Å². The van der Waals surface area contributed by atoms with Crippen molar-refractivity contribution >= 4 is 5.91 Å². The first-order valence-corrected chi connectivity index (χ1v) is 3.55. The van der Waals surface area contributed by atoms with Gasteiger partial charge in [0, 0.05) is 12.7 Å². The van der Waals surface area contributed by atoms with Gasteiger partial charge in [-0.15, -0.1) is 5.10 Å². The average Bonchev–Trinajstić information content (AvgIpc) is 2.51. The Labute approximate surface area is 69.5 Å². The van der Waals surface area contributed by atoms with Gasteiger partial charge in [0.25, 0.3) is 5.91 Å². The molecule has 1 amide bonds. The molecule has 0 aliphatic rings. The lowest BCUT2D eigenvalue weighted by Gasteiger charge is -2.04. The predicted octanol–water partition coefficient (Wildman–Crippen LogP) is -1.20. The summed E-state index contributed by atoms with van der Waals surface area (Å²) in [6.45, 7) is 0.520. The Balaban J connectivity index is 2.31. The van der Waals surface area contributed by atoms with Gasteiger partial charge in [0.1, 0.15) is 0 Å². The van der Waals surface area contributed by atoms with Gasteiger partial charge in [-0.05, 0) is 6.42 Å². The van der Waals surface area contributed by atoms with E-state index in [2.05, 4.69) is 10.3 Å². The number of nitrogens with zero attached hydrogens (tertiary/aromatic N) is 3. The molecule has 1 aromatic rings. The molecular weight excluding hydrogens is 158 g/mol. The molecular formula is C6H10N5O. The number of hydrogen-bond acceptors (Lipinski definition) is 4. The van der Waals surface area contributed by atoms with Crippen molar-refractivity contribution in [3.8, 4) is 0 Å². The highest BCUT2D eigenvalue weighted by Gasteiger charge is 2.09. The molecule has 0 aliphatic carbocycles. The fraction of sp³-hybridized carbons (Fsp3) is 0.500. The lowest BCUT2D eigenvalue weighted by Crippen LogP contribution is -2.32. The Morgan fingerprint density at radius 1 is 1.75 bits per heavy atom. The van der Waals surface area contributed by atoms with Crippen molar-refractivity contribution in [2.75, 3.05) is 0 Å². The standard InChI is InChI=1S/C6H10N5O/c7-5(6(8)12)1-3-11-4-2-9-10-11/h2,4-5,8H,1,3,7H2. The molecule has 1 heterocycles. The van der Waals surface area contributed by atoms with E-state index >= 15 is 0 Å². The normalized spacial score (nSPS) is 12.8. The number of rotatable bonds is 4. The molecule has 3 N–H and O–H groups in total. The van der Waals surface area contributed by atoms with Crippen LogP contribution in [0.4, 0.5) is 0 Å². The molecule has 0 bridgehead atoms. The second kappa shape index (κ2) is 3.82. The third-order valence-electron chi connectivity index (χ3n) is 1.48. The molecule has 1 rings (SSSR count). The summed E-state index contributed by atoms with van der Waals surface area (Å²) in [6.07, 6.45) is 3.65. The molecule has 6 nitrogen and oxygen atoms in total. The van der Waals surface area contributed by atoms with Gasteiger partial charge in [-0.2, -0.15) is 0 Å². The molecule has 0 saturated heterocycles. The third kappa shape index (κ3) is 2.31. The van der Waals surface area contributed by atoms with Crippen molar-refractivity contribution in [2.24, 2.45) is 5.73 Å². The molecule has 0 aromatic carbocycles. The van der Waals surface area contributed by atoms with Gasteiger partial charge in [-0.3, -0.25) is 15.2 Å². The van der Waals surface area contributed by atoms with Gasteiger partial charge in [0.2, 0.25) is 0 Å². The second-order valence-corrected chi connectivity index (χ2v) is 2.43. The molecule has 1 aromatic heterocycles. The molecule has 6 heteroatoms. The van der Waals surface area contributed by atoms with Gasteiger partial charge in [0.05, 0.1) is 12.2 Å². The highest BCUT2D eigenvalue weighted by Crippen LogP contribution is 1.91. The third-order valence-corrected chi connectivity index (χ3v) is 1.48. The number of amides is 1. The summed E-state index contributed by atoms with van der Waals surface area (Å²) < 4.78 is 1.57. The fourth-order valence-electron chi connectivity index (χ4n) is 0.754. The first-order valence-electron chi connectivity index (χ1n) is 3.55. The van der Waals surface area contributed by atoms with E-state index in [9.17, 15) is 4.79 Å². The molecule has 1 atom stereocenters. The smallest absolute Gasteiger partial charge is 0.255 e. The van der Waals surface area contributed by atoms with Crippen molar-refractivity contribution in [1.82, 2.24) is 20.7 Å². The van der Waals surface area contributed by atoms with E-state index in [4.69, 9.17) is 11.5 Å². The summed E-state index contributed by atoms with van der Waals surface area (Å²) in [7, 11) is 0. The first kappa shape index (κ1) is 8.66. The molecule has 0 fully saturated rings. The zero-order chi connectivity index (χ0) is 8.97. The van der Waals surface area contributed by atoms with Crippen molar-refractivity contribution in [1.29, 1.82) is 0 Å². The quantitative estimate of drug-likeness (QED) is 0.610. The summed E-state index contributed by atoms with van der Waals surface area (Å²) in [5, 5.41) is 7.27. The lowest BCUT2D eigenvalue weighted by atomic mass is 10.2. The first-order chi connectivity index (χ1) is 5.70. The Morgan fingerprint density at radius 2 is 2.50 bits per heavy atom. The maximum absolute atomic E-state index is 10.4. The largest absolute Gasteiger partial charge is 0.320 e. The number of aryl methyl sites for hydroxylation is 1. The Morgan fingerprint density at radius 3 is 3.00 bits per heavy atom. The van der Waals surface area contributed by atoms with Crippen molar-refractivity contribution in [3.05, 3.63) is 12.4 Å². The van der Waals surface area contributed by atoms with Crippen LogP contribution in [0.3, 0.4) is 0 Å². The van der Waals surface area contributed by atoms with Crippen molar-refractivity contribution in [3.63, 3.8) is 0 Å². The van der Waals surface area contributed by atoms with Crippen molar-refractivity contribution in [2.45, 2.75) is 19.0 Å². The molecule has 0 saturated carbocycles. The SMILES string of the molecule is [NH]C(=O)C(N)CCn1ccnn1. The number of carbonyl (C=O) groups excluding carboxylic acids is 1. The number of aromatic nitrogens is 3. The minimum atomic E-state index is -0.741. The summed E-state index contributed by atoms with van der Waals surface area (Å²) in [5.74, 6) is -0.741. The predicted molar refractivity (Wildman–Crippen MR) is 40.7 cm³/mol. The monoisotopic (exact) mass is 168 g/mol. The fourth-order valence-corrected chi connectivity index (χ4v) is 0.754. The van der Waals surface area contributed by atoms with Crippen LogP contribution in [0.25, 0.3) is 0 Å². The van der Waals surface area contributed by atoms with E-state index in [0.717, 1.165) is 0 Å². The van der Waals surface area contributed by atoms with E-state index < -0.39 is 11.9 Å². The van der Waals surface area contributed by atoms with E-state index in [0.29, 0.717) is 13.0 Å². The Bertz CT molecular complexity index is 244. The number of nitrogens with two attached hydrogens (primary N) is 1. The Kier molecular flexibility index (Phi) is 2.76. The highest BCUT2D eigenvalue weighted by atomic mass is 16.1. The van der Waals surface area contributed by atoms with Crippen LogP contribution >= 0.6 is 0 Å². The van der Waals surface area contributed by atoms with Crippen LogP contribution < -0.4 is 11.5 Å². The zero-order valence-electron chi connectivity index (χ0n) is 6.47. The molecule has 1 unspecified atom stereocenters. The number of nitrogens with one attached hydrogen (secondary N) is 1. The van der Waals surface area contributed by atoms with Gasteiger partial charge < -0.3 is 5.73 Å². The van der Waals surface area contributed by atoms with E-state index in [-0.39, 0.29) is 0 Å². The summed E-state index contributed by atoms with van der Waals surface area (Å²) in [6, 6.07) is -0.714. The highest BCUT2D eigenvalue weighted by molar-refractivity contribution is 5.78. The van der Waals surface area contributed by atoms with Crippen LogP contribution in [0, 0.1) is 0 Å². The summed E-state index contributed by atoms with van der Waals surface area (Å²) in [4.78, 5) is 10.4. The number of hydrogen-bond donors (Lipinski definition) is 1. The van der Waals surface area contributed by atoms with E-state index in [1.54, 1.807) is 17.1 Å². The van der Waals surface area contributed by atoms with Crippen LogP contribution in [-0.4, -0.2) is 26.9 Å². The second-order valence-electron chi connectivity index (χ2n) is 2.43. The van der Waals surface area contributed by atoms with Crippen LogP contribution in [0.1, 0.15) is 6.42 Å². The van der Waals surface area contributed by atoms with Crippen LogP contribution in [-0.2, 0) is 11.3 Å².